The van der Waals surface area contributed by atoms with Crippen molar-refractivity contribution in [3.63, 3.8) is 0 Å². The molecule has 4 aromatic carbocycles. The van der Waals surface area contributed by atoms with Gasteiger partial charge in [0.1, 0.15) is 11.5 Å². The van der Waals surface area contributed by atoms with Gasteiger partial charge >= 0.3 is 0 Å². The first-order valence-electron chi connectivity index (χ1n) is 10.1. The fraction of sp³-hybridized carbons (Fsp3) is 0.0769. The van der Waals surface area contributed by atoms with Crippen LogP contribution >= 0.6 is 0 Å². The van der Waals surface area contributed by atoms with E-state index in [2.05, 4.69) is 104 Å². The third kappa shape index (κ3) is 2.31. The molecule has 0 aromatic heterocycles. The molecule has 0 saturated carbocycles. The molecule has 2 aliphatic rings. The highest BCUT2D eigenvalue weighted by molar-refractivity contribution is 6.99. The molecule has 2 nitrogen and oxygen atoms in total. The van der Waals surface area contributed by atoms with Gasteiger partial charge in [-0.3, -0.25) is 0 Å². The number of benzene rings is 4. The van der Waals surface area contributed by atoms with E-state index in [1.165, 1.54) is 44.6 Å². The van der Waals surface area contributed by atoms with E-state index in [0.717, 1.165) is 11.5 Å². The van der Waals surface area contributed by atoms with E-state index in [4.69, 9.17) is 4.74 Å². The van der Waals surface area contributed by atoms with Gasteiger partial charge in [0.05, 0.1) is 0 Å². The van der Waals surface area contributed by atoms with Crippen LogP contribution in [0.3, 0.4) is 0 Å². The Morgan fingerprint density at radius 1 is 0.690 bits per heavy atom. The predicted molar refractivity (Wildman–Crippen MR) is 122 cm³/mol. The Labute approximate surface area is 171 Å². The number of anilines is 3. The number of aryl methyl sites for hydroxylation is 2. The number of hydrogen-bond donors (Lipinski definition) is 0. The molecule has 29 heavy (non-hydrogen) atoms. The van der Waals surface area contributed by atoms with E-state index in [0.29, 0.717) is 0 Å². The molecule has 0 spiro atoms. The van der Waals surface area contributed by atoms with E-state index >= 15 is 0 Å². The molecule has 3 heteroatoms. The second kappa shape index (κ2) is 6.02. The Morgan fingerprint density at radius 2 is 1.45 bits per heavy atom. The zero-order valence-corrected chi connectivity index (χ0v) is 16.5. The number of nitrogens with zero attached hydrogens (tertiary/aromatic N) is 1. The maximum atomic E-state index is 6.36. The van der Waals surface area contributed by atoms with Gasteiger partial charge in [-0.15, -0.1) is 0 Å². The lowest BCUT2D eigenvalue weighted by Crippen LogP contribution is -2.60. The molecule has 0 fully saturated rings. The summed E-state index contributed by atoms with van der Waals surface area (Å²) in [5.74, 6) is 1.92. The summed E-state index contributed by atoms with van der Waals surface area (Å²) < 4.78 is 6.36. The molecule has 0 atom stereocenters. The molecule has 0 aliphatic carbocycles. The van der Waals surface area contributed by atoms with Crippen molar-refractivity contribution in [2.24, 2.45) is 0 Å². The fourth-order valence-corrected chi connectivity index (χ4v) is 4.99. The number of fused-ring (bicyclic) bond motifs is 4. The molecule has 6 rings (SSSR count). The SMILES string of the molecule is Cc1cc(C)c2c(c1)N(c1ccccc1)c1cccc3c1B2c1ccccc1O3. The highest BCUT2D eigenvalue weighted by Crippen LogP contribution is 2.40. The molecular formula is C26H20BNO. The van der Waals surface area contributed by atoms with Crippen LogP contribution in [0.4, 0.5) is 17.1 Å². The van der Waals surface area contributed by atoms with Crippen LogP contribution in [0.25, 0.3) is 0 Å². The highest BCUT2D eigenvalue weighted by atomic mass is 16.5. The van der Waals surface area contributed by atoms with Crippen LogP contribution in [0.5, 0.6) is 11.5 Å². The highest BCUT2D eigenvalue weighted by Gasteiger charge is 2.42. The maximum Gasteiger partial charge on any atom is 0.256 e. The lowest BCUT2D eigenvalue weighted by molar-refractivity contribution is 0.487. The zero-order chi connectivity index (χ0) is 19.5. The normalized spacial score (nSPS) is 13.3. The van der Waals surface area contributed by atoms with Gasteiger partial charge in [-0.2, -0.15) is 0 Å². The lowest BCUT2D eigenvalue weighted by atomic mass is 9.33. The van der Waals surface area contributed by atoms with Crippen LogP contribution in [0.2, 0.25) is 0 Å². The van der Waals surface area contributed by atoms with E-state index in [1.54, 1.807) is 0 Å². The van der Waals surface area contributed by atoms with Crippen molar-refractivity contribution < 1.29 is 4.74 Å². The molecule has 2 heterocycles. The van der Waals surface area contributed by atoms with E-state index in [-0.39, 0.29) is 6.71 Å². The standard InChI is InChI=1S/C26H20BNO/c1-17-15-18(2)25-22(16-17)28(19-9-4-3-5-10-19)21-12-8-14-24-26(21)27(25)20-11-6-7-13-23(20)29-24/h3-16H,1-2H3. The summed E-state index contributed by atoms with van der Waals surface area (Å²) >= 11 is 0. The molecule has 0 amide bonds. The van der Waals surface area contributed by atoms with Crippen molar-refractivity contribution in [3.05, 3.63) is 96.1 Å². The van der Waals surface area contributed by atoms with Gasteiger partial charge in [0.15, 0.2) is 0 Å². The van der Waals surface area contributed by atoms with Gasteiger partial charge in [-0.05, 0) is 72.2 Å². The average molecular weight is 373 g/mol. The molecule has 2 aliphatic heterocycles. The lowest BCUT2D eigenvalue weighted by Gasteiger charge is -2.40. The molecule has 0 unspecified atom stereocenters. The summed E-state index contributed by atoms with van der Waals surface area (Å²) in [6.45, 7) is 4.60. The van der Waals surface area contributed by atoms with Crippen LogP contribution in [0.15, 0.2) is 84.9 Å². The molecule has 0 saturated heterocycles. The number of ether oxygens (including phenoxy) is 1. The number of hydrogen-bond acceptors (Lipinski definition) is 2. The smallest absolute Gasteiger partial charge is 0.256 e. The Hall–Kier alpha value is -3.46. The summed E-state index contributed by atoms with van der Waals surface area (Å²) in [5, 5.41) is 0. The molecular weight excluding hydrogens is 353 g/mol. The maximum absolute atomic E-state index is 6.36. The van der Waals surface area contributed by atoms with E-state index in [1.807, 2.05) is 0 Å². The van der Waals surface area contributed by atoms with Gasteiger partial charge in [-0.25, -0.2) is 0 Å². The predicted octanol–water partition coefficient (Wildman–Crippen LogP) is 4.71. The Balaban J connectivity index is 1.74. The van der Waals surface area contributed by atoms with Crippen molar-refractivity contribution in [3.8, 4) is 11.5 Å². The van der Waals surface area contributed by atoms with Crippen LogP contribution < -0.4 is 26.0 Å². The first-order valence-corrected chi connectivity index (χ1v) is 10.1. The largest absolute Gasteiger partial charge is 0.458 e. The average Bonchev–Trinajstić information content (AvgIpc) is 2.74. The van der Waals surface area contributed by atoms with Crippen LogP contribution in [-0.4, -0.2) is 6.71 Å². The van der Waals surface area contributed by atoms with E-state index < -0.39 is 0 Å². The van der Waals surface area contributed by atoms with Crippen LogP contribution in [0.1, 0.15) is 11.1 Å². The van der Waals surface area contributed by atoms with Crippen molar-refractivity contribution in [1.29, 1.82) is 0 Å². The van der Waals surface area contributed by atoms with Gasteiger partial charge in [0.2, 0.25) is 0 Å². The van der Waals surface area contributed by atoms with Gasteiger partial charge in [-0.1, -0.05) is 54.1 Å². The monoisotopic (exact) mass is 373 g/mol. The first-order chi connectivity index (χ1) is 14.2. The van der Waals surface area contributed by atoms with Crippen molar-refractivity contribution in [1.82, 2.24) is 0 Å². The third-order valence-electron chi connectivity index (χ3n) is 6.08. The minimum atomic E-state index is 0.182. The summed E-state index contributed by atoms with van der Waals surface area (Å²) in [5.41, 5.74) is 10.1. The summed E-state index contributed by atoms with van der Waals surface area (Å²) in [6, 6.07) is 30.1. The molecule has 4 aromatic rings. The summed E-state index contributed by atoms with van der Waals surface area (Å²) in [4.78, 5) is 2.39. The van der Waals surface area contributed by atoms with Crippen LogP contribution in [-0.2, 0) is 0 Å². The molecule has 138 valence electrons. The van der Waals surface area contributed by atoms with Gasteiger partial charge in [0.25, 0.3) is 6.71 Å². The Morgan fingerprint density at radius 3 is 2.31 bits per heavy atom. The van der Waals surface area contributed by atoms with Crippen molar-refractivity contribution in [2.45, 2.75) is 13.8 Å². The second-order valence-corrected chi connectivity index (χ2v) is 7.95. The quantitative estimate of drug-likeness (QED) is 0.387. The molecule has 0 radical (unpaired) electrons. The zero-order valence-electron chi connectivity index (χ0n) is 16.5. The topological polar surface area (TPSA) is 12.5 Å². The first kappa shape index (κ1) is 16.5. The van der Waals surface area contributed by atoms with Gasteiger partial charge in [0, 0.05) is 17.1 Å². The fourth-order valence-electron chi connectivity index (χ4n) is 4.99. The van der Waals surface area contributed by atoms with Crippen molar-refractivity contribution in [2.75, 3.05) is 4.90 Å². The van der Waals surface area contributed by atoms with E-state index in [9.17, 15) is 0 Å². The number of rotatable bonds is 1. The second-order valence-electron chi connectivity index (χ2n) is 7.95. The molecule has 0 N–H and O–H groups in total. The minimum Gasteiger partial charge on any atom is -0.458 e. The Kier molecular flexibility index (Phi) is 3.42. The minimum absolute atomic E-state index is 0.182. The molecule has 0 bridgehead atoms. The third-order valence-corrected chi connectivity index (χ3v) is 6.08. The van der Waals surface area contributed by atoms with Crippen LogP contribution in [0, 0.1) is 13.8 Å². The van der Waals surface area contributed by atoms with Crippen molar-refractivity contribution >= 4 is 40.2 Å². The number of para-hydroxylation sites is 2. The Bertz CT molecular complexity index is 1270. The summed E-state index contributed by atoms with van der Waals surface area (Å²) in [6.07, 6.45) is 0. The van der Waals surface area contributed by atoms with Gasteiger partial charge < -0.3 is 9.64 Å². The summed E-state index contributed by atoms with van der Waals surface area (Å²) in [7, 11) is 0.